The van der Waals surface area contributed by atoms with Crippen LogP contribution in [0.5, 0.6) is 11.5 Å². The summed E-state index contributed by atoms with van der Waals surface area (Å²) in [6.07, 6.45) is 3.59. The molecule has 1 atom stereocenters. The van der Waals surface area contributed by atoms with Crippen molar-refractivity contribution in [2.24, 2.45) is 7.05 Å². The molecule has 4 aromatic rings. The third-order valence-electron chi connectivity index (χ3n) is 5.76. The maximum Gasteiger partial charge on any atom is 0.173 e. The van der Waals surface area contributed by atoms with Crippen molar-refractivity contribution in [1.29, 1.82) is 0 Å². The Morgan fingerprint density at radius 1 is 1.20 bits per heavy atom. The van der Waals surface area contributed by atoms with Gasteiger partial charge in [-0.15, -0.1) is 10.2 Å². The maximum absolute atomic E-state index is 14.7. The smallest absolute Gasteiger partial charge is 0.173 e. The summed E-state index contributed by atoms with van der Waals surface area (Å²) in [4.78, 5) is 4.64. The van der Waals surface area contributed by atoms with E-state index < -0.39 is 0 Å². The fourth-order valence-electron chi connectivity index (χ4n) is 4.42. The van der Waals surface area contributed by atoms with Crippen molar-refractivity contribution in [3.8, 4) is 22.9 Å². The molecule has 152 valence electrons. The molecule has 0 amide bonds. The van der Waals surface area contributed by atoms with Crippen LogP contribution in [0.25, 0.3) is 17.0 Å². The molecule has 0 saturated heterocycles. The molecule has 0 bridgehead atoms. The molecule has 30 heavy (non-hydrogen) atoms. The molecule has 5 heterocycles. The Bertz CT molecular complexity index is 1310. The van der Waals surface area contributed by atoms with Gasteiger partial charge in [-0.1, -0.05) is 0 Å². The predicted molar refractivity (Wildman–Crippen MR) is 107 cm³/mol. The van der Waals surface area contributed by atoms with Gasteiger partial charge in [0.1, 0.15) is 23.7 Å². The minimum atomic E-state index is -0.250. The molecular formula is C21H19FN6O2. The minimum Gasteiger partial charge on any atom is -0.493 e. The first kappa shape index (κ1) is 17.3. The number of anilines is 1. The number of hydrogen-bond donors (Lipinski definition) is 1. The Morgan fingerprint density at radius 2 is 2.03 bits per heavy atom. The lowest BCUT2D eigenvalue weighted by molar-refractivity contribution is 0.249. The number of nitrogens with zero attached hydrogens (tertiary/aromatic N) is 5. The van der Waals surface area contributed by atoms with E-state index in [4.69, 9.17) is 9.47 Å². The van der Waals surface area contributed by atoms with Crippen molar-refractivity contribution in [3.63, 3.8) is 0 Å². The van der Waals surface area contributed by atoms with E-state index in [1.54, 1.807) is 12.4 Å². The lowest BCUT2D eigenvalue weighted by atomic mass is 9.96. The van der Waals surface area contributed by atoms with Gasteiger partial charge in [-0.25, -0.2) is 9.37 Å². The van der Waals surface area contributed by atoms with E-state index in [1.807, 2.05) is 35.2 Å². The van der Waals surface area contributed by atoms with Crippen LogP contribution < -0.4 is 14.8 Å². The van der Waals surface area contributed by atoms with Crippen molar-refractivity contribution in [2.45, 2.75) is 19.4 Å². The Kier molecular flexibility index (Phi) is 3.56. The zero-order valence-corrected chi connectivity index (χ0v) is 16.5. The Labute approximate surface area is 171 Å². The molecule has 3 aromatic heterocycles. The summed E-state index contributed by atoms with van der Waals surface area (Å²) in [5.74, 6) is 2.54. The summed E-state index contributed by atoms with van der Waals surface area (Å²) in [5.41, 5.74) is 3.87. The van der Waals surface area contributed by atoms with Gasteiger partial charge in [-0.2, -0.15) is 0 Å². The predicted octanol–water partition coefficient (Wildman–Crippen LogP) is 3.06. The molecule has 0 spiro atoms. The number of fused-ring (bicyclic) bond motifs is 3. The Balaban J connectivity index is 1.53. The molecule has 0 fully saturated rings. The van der Waals surface area contributed by atoms with Crippen molar-refractivity contribution in [3.05, 3.63) is 53.4 Å². The second kappa shape index (κ2) is 6.19. The highest BCUT2D eigenvalue weighted by molar-refractivity contribution is 5.79. The van der Waals surface area contributed by atoms with Crippen LogP contribution in [-0.4, -0.2) is 37.4 Å². The van der Waals surface area contributed by atoms with Crippen LogP contribution in [0.2, 0.25) is 0 Å². The van der Waals surface area contributed by atoms with E-state index >= 15 is 0 Å². The van der Waals surface area contributed by atoms with Gasteiger partial charge < -0.3 is 19.4 Å². The summed E-state index contributed by atoms with van der Waals surface area (Å²) in [5, 5.41) is 11.7. The number of nitrogens with one attached hydrogen (secondary N) is 1. The third kappa shape index (κ3) is 2.41. The molecule has 2 aliphatic heterocycles. The number of benzene rings is 1. The highest BCUT2D eigenvalue weighted by atomic mass is 19.1. The molecule has 1 aromatic carbocycles. The lowest BCUT2D eigenvalue weighted by Gasteiger charge is -2.16. The number of aromatic nitrogens is 5. The monoisotopic (exact) mass is 406 g/mol. The van der Waals surface area contributed by atoms with E-state index in [9.17, 15) is 4.39 Å². The molecule has 0 aliphatic carbocycles. The zero-order valence-electron chi connectivity index (χ0n) is 16.5. The Morgan fingerprint density at radius 3 is 2.83 bits per heavy atom. The summed E-state index contributed by atoms with van der Waals surface area (Å²) in [7, 11) is 1.94. The zero-order chi connectivity index (χ0) is 20.4. The molecule has 9 heteroatoms. The van der Waals surface area contributed by atoms with Crippen LogP contribution in [-0.2, 0) is 13.6 Å². The molecule has 6 rings (SSSR count). The first-order chi connectivity index (χ1) is 14.6. The fourth-order valence-corrected chi connectivity index (χ4v) is 4.42. The van der Waals surface area contributed by atoms with E-state index in [1.165, 1.54) is 6.07 Å². The number of halogens is 1. The highest BCUT2D eigenvalue weighted by Crippen LogP contribution is 2.41. The molecule has 0 saturated carbocycles. The minimum absolute atomic E-state index is 0.0334. The van der Waals surface area contributed by atoms with Crippen LogP contribution in [0, 0.1) is 12.7 Å². The summed E-state index contributed by atoms with van der Waals surface area (Å²) < 4.78 is 30.5. The lowest BCUT2D eigenvalue weighted by Crippen LogP contribution is -2.13. The van der Waals surface area contributed by atoms with Crippen molar-refractivity contribution in [1.82, 2.24) is 24.1 Å². The second-order valence-corrected chi connectivity index (χ2v) is 7.72. The van der Waals surface area contributed by atoms with Gasteiger partial charge in [0.2, 0.25) is 0 Å². The summed E-state index contributed by atoms with van der Waals surface area (Å²) in [6.45, 7) is 3.11. The second-order valence-electron chi connectivity index (χ2n) is 7.72. The molecule has 1 N–H and O–H groups in total. The maximum atomic E-state index is 14.7. The van der Waals surface area contributed by atoms with Crippen molar-refractivity contribution < 1.29 is 13.9 Å². The van der Waals surface area contributed by atoms with Gasteiger partial charge in [0.15, 0.2) is 17.2 Å². The highest BCUT2D eigenvalue weighted by Gasteiger charge is 2.31. The molecular weight excluding hydrogens is 387 g/mol. The quantitative estimate of drug-likeness (QED) is 0.524. The largest absolute Gasteiger partial charge is 0.493 e. The van der Waals surface area contributed by atoms with Gasteiger partial charge in [0.05, 0.1) is 30.4 Å². The fraction of sp³-hybridized carbons (Fsp3) is 0.286. The van der Waals surface area contributed by atoms with Crippen LogP contribution >= 0.6 is 0 Å². The first-order valence-corrected chi connectivity index (χ1v) is 9.78. The van der Waals surface area contributed by atoms with Crippen LogP contribution in [0.3, 0.4) is 0 Å². The number of hydrogen-bond acceptors (Lipinski definition) is 6. The Hall–Kier alpha value is -3.62. The van der Waals surface area contributed by atoms with Crippen LogP contribution in [0.15, 0.2) is 30.7 Å². The summed E-state index contributed by atoms with van der Waals surface area (Å²) in [6, 6.07) is 5.08. The van der Waals surface area contributed by atoms with E-state index in [2.05, 4.69) is 20.5 Å². The number of imidazole rings is 1. The van der Waals surface area contributed by atoms with Gasteiger partial charge in [-0.05, 0) is 25.1 Å². The summed E-state index contributed by atoms with van der Waals surface area (Å²) >= 11 is 0. The van der Waals surface area contributed by atoms with E-state index in [0.29, 0.717) is 42.5 Å². The number of rotatable bonds is 1. The van der Waals surface area contributed by atoms with Crippen molar-refractivity contribution in [2.75, 3.05) is 18.5 Å². The average Bonchev–Trinajstić information content (AvgIpc) is 3.44. The molecule has 2 aliphatic rings. The molecule has 1 unspecified atom stereocenters. The standard InChI is InChI=1S/C21H19FN6O2/c1-11-7-27(2)19(25-11)13-5-17-21(28-10-24-26-20(13)28)23-6-14-15(22)3-4-16-18(14)12(8-29-16)9-30-17/h3-5,7,10,12,23H,6,8-9H2,1-2H3. The number of ether oxygens (including phenoxy) is 2. The number of aryl methyl sites for hydroxylation is 2. The van der Waals surface area contributed by atoms with Gasteiger partial charge in [-0.3, -0.25) is 4.40 Å². The normalized spacial score (nSPS) is 17.2. The van der Waals surface area contributed by atoms with Crippen LogP contribution in [0.1, 0.15) is 22.7 Å². The van der Waals surface area contributed by atoms with E-state index in [0.717, 1.165) is 28.4 Å². The van der Waals surface area contributed by atoms with Crippen LogP contribution in [0.4, 0.5) is 10.2 Å². The van der Waals surface area contributed by atoms with Gasteiger partial charge in [0, 0.05) is 30.9 Å². The van der Waals surface area contributed by atoms with Crippen molar-refractivity contribution >= 4 is 11.5 Å². The first-order valence-electron chi connectivity index (χ1n) is 9.78. The molecule has 0 radical (unpaired) electrons. The third-order valence-corrected chi connectivity index (χ3v) is 5.76. The van der Waals surface area contributed by atoms with E-state index in [-0.39, 0.29) is 11.7 Å². The topological polar surface area (TPSA) is 78.5 Å². The SMILES string of the molecule is Cc1cn(C)c(-c2cc3c(n4cnnc24)NCc2c(F)ccc4c2C(CO4)CO3)n1. The van der Waals surface area contributed by atoms with Gasteiger partial charge in [0.25, 0.3) is 0 Å². The molecule has 8 nitrogen and oxygen atoms in total. The van der Waals surface area contributed by atoms with Gasteiger partial charge >= 0.3 is 0 Å². The average molecular weight is 406 g/mol. The number of pyridine rings is 1.